The Balaban J connectivity index is 1.39. The van der Waals surface area contributed by atoms with Gasteiger partial charge in [-0.1, -0.05) is 5.16 Å². The number of hydrogen-bond donors (Lipinski definition) is 0. The molecule has 1 aliphatic heterocycles. The molecule has 10 heteroatoms. The van der Waals surface area contributed by atoms with Gasteiger partial charge in [-0.25, -0.2) is 9.78 Å². The van der Waals surface area contributed by atoms with Gasteiger partial charge in [-0.2, -0.15) is 16.3 Å². The highest BCUT2D eigenvalue weighted by atomic mass is 32.1. The van der Waals surface area contributed by atoms with Gasteiger partial charge in [-0.3, -0.25) is 9.36 Å². The Morgan fingerprint density at radius 2 is 2.29 bits per heavy atom. The molecule has 28 heavy (non-hydrogen) atoms. The largest absolute Gasteiger partial charge is 0.453 e. The van der Waals surface area contributed by atoms with E-state index in [0.717, 1.165) is 24.2 Å². The van der Waals surface area contributed by atoms with Crippen molar-refractivity contribution in [3.8, 4) is 11.5 Å². The quantitative estimate of drug-likeness (QED) is 0.473. The Labute approximate surface area is 166 Å². The maximum atomic E-state index is 12.7. The summed E-state index contributed by atoms with van der Waals surface area (Å²) < 4.78 is 12.2. The highest BCUT2D eigenvalue weighted by Gasteiger charge is 2.24. The number of nitrogens with zero attached hydrogens (tertiary/aromatic N) is 4. The molecule has 5 rings (SSSR count). The van der Waals surface area contributed by atoms with Gasteiger partial charge in [0.05, 0.1) is 10.9 Å². The number of aromatic nitrogens is 4. The van der Waals surface area contributed by atoms with Gasteiger partial charge in [-0.15, -0.1) is 11.3 Å². The van der Waals surface area contributed by atoms with Crippen molar-refractivity contribution in [2.45, 2.75) is 32.9 Å². The molecule has 1 aliphatic rings. The van der Waals surface area contributed by atoms with Gasteiger partial charge in [-0.05, 0) is 30.4 Å². The van der Waals surface area contributed by atoms with E-state index in [2.05, 4.69) is 15.1 Å². The first-order valence-corrected chi connectivity index (χ1v) is 10.4. The molecule has 0 spiro atoms. The van der Waals surface area contributed by atoms with E-state index in [4.69, 9.17) is 9.26 Å². The van der Waals surface area contributed by atoms with Crippen LogP contribution >= 0.6 is 22.7 Å². The fourth-order valence-electron chi connectivity index (χ4n) is 3.28. The number of rotatable bonds is 4. The van der Waals surface area contributed by atoms with Gasteiger partial charge in [0, 0.05) is 18.3 Å². The number of ether oxygens (including phenoxy) is 1. The molecule has 0 unspecified atom stereocenters. The van der Waals surface area contributed by atoms with Crippen LogP contribution in [0.5, 0.6) is 0 Å². The van der Waals surface area contributed by atoms with E-state index in [1.54, 1.807) is 11.5 Å². The Bertz CT molecular complexity index is 1250. The molecule has 4 aromatic rings. The molecule has 0 N–H and O–H groups in total. The Morgan fingerprint density at radius 1 is 1.39 bits per heavy atom. The molecule has 0 bridgehead atoms. The zero-order valence-electron chi connectivity index (χ0n) is 14.8. The SMILES string of the molecule is Cc1c(C(=O)OCc2noc(-c3ccsc3)n2)sc2nc3n(c(=O)c12)CCC3. The Kier molecular flexibility index (Phi) is 4.09. The minimum atomic E-state index is -0.521. The minimum absolute atomic E-state index is 0.0797. The highest BCUT2D eigenvalue weighted by molar-refractivity contribution is 7.20. The van der Waals surface area contributed by atoms with Gasteiger partial charge in [0.25, 0.3) is 11.4 Å². The fourth-order valence-corrected chi connectivity index (χ4v) is 5.00. The average Bonchev–Trinajstić information content (AvgIpc) is 3.46. The molecule has 4 aromatic heterocycles. The number of fused-ring (bicyclic) bond motifs is 2. The molecule has 0 saturated heterocycles. The summed E-state index contributed by atoms with van der Waals surface area (Å²) in [5.74, 6) is 0.931. The summed E-state index contributed by atoms with van der Waals surface area (Å²) in [6.07, 6.45) is 1.71. The van der Waals surface area contributed by atoms with E-state index in [0.29, 0.717) is 33.1 Å². The number of esters is 1. The summed E-state index contributed by atoms with van der Waals surface area (Å²) in [4.78, 5) is 35.1. The lowest BCUT2D eigenvalue weighted by molar-refractivity contribution is 0.0465. The van der Waals surface area contributed by atoms with Crippen LogP contribution in [0.2, 0.25) is 0 Å². The molecule has 0 atom stereocenters. The predicted octanol–water partition coefficient (Wildman–Crippen LogP) is 3.18. The van der Waals surface area contributed by atoms with Crippen molar-refractivity contribution in [1.82, 2.24) is 19.7 Å². The van der Waals surface area contributed by atoms with Crippen molar-refractivity contribution in [2.24, 2.45) is 0 Å². The van der Waals surface area contributed by atoms with E-state index in [9.17, 15) is 9.59 Å². The number of thiophene rings is 2. The van der Waals surface area contributed by atoms with Crippen molar-refractivity contribution in [1.29, 1.82) is 0 Å². The fraction of sp³-hybridized carbons (Fsp3) is 0.278. The zero-order valence-corrected chi connectivity index (χ0v) is 16.4. The number of carbonyl (C=O) groups excluding carboxylic acids is 1. The Morgan fingerprint density at radius 3 is 3.11 bits per heavy atom. The van der Waals surface area contributed by atoms with Crippen molar-refractivity contribution < 1.29 is 14.1 Å². The maximum Gasteiger partial charge on any atom is 0.349 e. The summed E-state index contributed by atoms with van der Waals surface area (Å²) in [5.41, 5.74) is 1.36. The monoisotopic (exact) mass is 414 g/mol. The van der Waals surface area contributed by atoms with Crippen LogP contribution in [-0.2, 0) is 24.3 Å². The molecule has 142 valence electrons. The summed E-state index contributed by atoms with van der Waals surface area (Å²) in [7, 11) is 0. The number of hydrogen-bond acceptors (Lipinski definition) is 9. The van der Waals surface area contributed by atoms with E-state index >= 15 is 0 Å². The summed E-state index contributed by atoms with van der Waals surface area (Å²) in [6, 6.07) is 1.87. The molecule has 0 radical (unpaired) electrons. The normalized spacial score (nSPS) is 13.2. The first kappa shape index (κ1) is 17.3. The van der Waals surface area contributed by atoms with E-state index in [-0.39, 0.29) is 18.0 Å². The highest BCUT2D eigenvalue weighted by Crippen LogP contribution is 2.29. The van der Waals surface area contributed by atoms with E-state index < -0.39 is 5.97 Å². The lowest BCUT2D eigenvalue weighted by Crippen LogP contribution is -2.20. The molecule has 5 heterocycles. The van der Waals surface area contributed by atoms with Gasteiger partial charge in [0.2, 0.25) is 5.82 Å². The molecule has 0 saturated carbocycles. The molecule has 0 aromatic carbocycles. The first-order valence-electron chi connectivity index (χ1n) is 8.67. The van der Waals surface area contributed by atoms with Crippen LogP contribution in [0.15, 0.2) is 26.1 Å². The second-order valence-corrected chi connectivity index (χ2v) is 8.21. The smallest absolute Gasteiger partial charge is 0.349 e. The second-order valence-electron chi connectivity index (χ2n) is 6.43. The van der Waals surface area contributed by atoms with Crippen molar-refractivity contribution in [3.05, 3.63) is 49.3 Å². The van der Waals surface area contributed by atoms with Gasteiger partial charge < -0.3 is 9.26 Å². The number of aryl methyl sites for hydroxylation is 2. The summed E-state index contributed by atoms with van der Waals surface area (Å²) in [5, 5.41) is 8.15. The number of carbonyl (C=O) groups is 1. The standard InChI is InChI=1S/C18H14N4O4S2/c1-9-13-16(20-12-3-2-5-22(12)17(13)23)28-14(9)18(24)25-7-11-19-15(26-21-11)10-4-6-27-8-10/h4,6,8H,2-3,5,7H2,1H3. The van der Waals surface area contributed by atoms with Gasteiger partial charge >= 0.3 is 5.97 Å². The van der Waals surface area contributed by atoms with Crippen LogP contribution in [0.25, 0.3) is 21.7 Å². The summed E-state index contributed by atoms with van der Waals surface area (Å²) in [6.45, 7) is 2.32. The first-order chi connectivity index (χ1) is 13.6. The third-order valence-electron chi connectivity index (χ3n) is 4.67. The van der Waals surface area contributed by atoms with Crippen LogP contribution in [0.1, 0.15) is 33.3 Å². The van der Waals surface area contributed by atoms with Crippen molar-refractivity contribution in [2.75, 3.05) is 0 Å². The third kappa shape index (κ3) is 2.76. The van der Waals surface area contributed by atoms with Gasteiger partial charge in [0.1, 0.15) is 15.5 Å². The van der Waals surface area contributed by atoms with Crippen LogP contribution < -0.4 is 5.56 Å². The molecule has 8 nitrogen and oxygen atoms in total. The molecular weight excluding hydrogens is 400 g/mol. The van der Waals surface area contributed by atoms with Crippen molar-refractivity contribution in [3.63, 3.8) is 0 Å². The third-order valence-corrected chi connectivity index (χ3v) is 6.51. The second kappa shape index (κ2) is 6.64. The van der Waals surface area contributed by atoms with Crippen LogP contribution in [0, 0.1) is 6.92 Å². The van der Waals surface area contributed by atoms with E-state index in [1.165, 1.54) is 22.7 Å². The zero-order chi connectivity index (χ0) is 19.3. The molecule has 0 aliphatic carbocycles. The average molecular weight is 414 g/mol. The molecule has 0 amide bonds. The Hall–Kier alpha value is -2.85. The van der Waals surface area contributed by atoms with Crippen LogP contribution in [-0.4, -0.2) is 25.7 Å². The molecule has 0 fully saturated rings. The molecular formula is C18H14N4O4S2. The topological polar surface area (TPSA) is 100 Å². The van der Waals surface area contributed by atoms with Crippen LogP contribution in [0.3, 0.4) is 0 Å². The van der Waals surface area contributed by atoms with Gasteiger partial charge in [0.15, 0.2) is 6.61 Å². The minimum Gasteiger partial charge on any atom is -0.453 e. The lowest BCUT2D eigenvalue weighted by atomic mass is 10.2. The summed E-state index contributed by atoms with van der Waals surface area (Å²) >= 11 is 2.72. The van der Waals surface area contributed by atoms with Crippen molar-refractivity contribution >= 4 is 38.9 Å². The lowest BCUT2D eigenvalue weighted by Gasteiger charge is -2.02. The van der Waals surface area contributed by atoms with E-state index in [1.807, 2.05) is 16.8 Å². The maximum absolute atomic E-state index is 12.7. The van der Waals surface area contributed by atoms with Crippen LogP contribution in [0.4, 0.5) is 0 Å². The predicted molar refractivity (Wildman–Crippen MR) is 104 cm³/mol.